The van der Waals surface area contributed by atoms with E-state index in [2.05, 4.69) is 5.32 Å². The molecule has 0 fully saturated rings. The van der Waals surface area contributed by atoms with Crippen LogP contribution in [0.5, 0.6) is 5.75 Å². The van der Waals surface area contributed by atoms with Crippen LogP contribution in [0, 0.1) is 0 Å². The molecule has 106 valence electrons. The molecule has 1 atom stereocenters. The maximum Gasteiger partial charge on any atom is 0.230 e. The van der Waals surface area contributed by atoms with Gasteiger partial charge in [0.1, 0.15) is 5.75 Å². The molecule has 0 aliphatic heterocycles. The van der Waals surface area contributed by atoms with Crippen molar-refractivity contribution in [2.75, 3.05) is 25.2 Å². The van der Waals surface area contributed by atoms with Crippen molar-refractivity contribution >= 4 is 17.7 Å². The van der Waals surface area contributed by atoms with Crippen molar-refractivity contribution < 1.29 is 19.7 Å². The smallest absolute Gasteiger partial charge is 0.230 e. The molecule has 3 N–H and O–H groups in total. The number of aliphatic hydroxyl groups excluding tert-OH is 2. The number of thioether (sulfide) groups is 1. The van der Waals surface area contributed by atoms with Crippen molar-refractivity contribution in [3.63, 3.8) is 0 Å². The van der Waals surface area contributed by atoms with Gasteiger partial charge in [0, 0.05) is 12.3 Å². The fourth-order valence-corrected chi connectivity index (χ4v) is 2.16. The van der Waals surface area contributed by atoms with E-state index in [9.17, 15) is 4.79 Å². The summed E-state index contributed by atoms with van der Waals surface area (Å²) in [7, 11) is 1.60. The molecule has 1 unspecified atom stereocenters. The first-order chi connectivity index (χ1) is 9.15. The summed E-state index contributed by atoms with van der Waals surface area (Å²) in [5.41, 5.74) is 0.966. The summed E-state index contributed by atoms with van der Waals surface area (Å²) >= 11 is 1.29. The largest absolute Gasteiger partial charge is 0.497 e. The highest BCUT2D eigenvalue weighted by atomic mass is 32.2. The summed E-state index contributed by atoms with van der Waals surface area (Å²) < 4.78 is 5.10. The Balaban J connectivity index is 2.25. The van der Waals surface area contributed by atoms with Crippen LogP contribution in [0.4, 0.5) is 0 Å². The van der Waals surface area contributed by atoms with Crippen LogP contribution < -0.4 is 10.1 Å². The number of amides is 1. The average molecular weight is 285 g/mol. The Morgan fingerprint density at radius 3 is 3.00 bits per heavy atom. The third-order valence-electron chi connectivity index (χ3n) is 2.38. The molecule has 0 saturated carbocycles. The molecule has 6 heteroatoms. The van der Waals surface area contributed by atoms with Crippen LogP contribution in [0.3, 0.4) is 0 Å². The maximum absolute atomic E-state index is 11.5. The highest BCUT2D eigenvalue weighted by Crippen LogP contribution is 2.12. The number of nitrogens with one attached hydrogen (secondary N) is 1. The molecular weight excluding hydrogens is 266 g/mol. The number of carbonyl (C=O) groups is 1. The Morgan fingerprint density at radius 2 is 2.32 bits per heavy atom. The summed E-state index contributed by atoms with van der Waals surface area (Å²) in [4.78, 5) is 11.5. The zero-order valence-corrected chi connectivity index (χ0v) is 11.7. The Morgan fingerprint density at radius 1 is 1.53 bits per heavy atom. The highest BCUT2D eigenvalue weighted by Gasteiger charge is 2.06. The van der Waals surface area contributed by atoms with Gasteiger partial charge in [-0.15, -0.1) is 11.8 Å². The molecule has 1 aromatic carbocycles. The molecule has 0 spiro atoms. The van der Waals surface area contributed by atoms with Gasteiger partial charge in [-0.2, -0.15) is 0 Å². The monoisotopic (exact) mass is 285 g/mol. The molecule has 0 aliphatic rings. The maximum atomic E-state index is 11.5. The Hall–Kier alpha value is -1.24. The Labute approximate surface area is 117 Å². The topological polar surface area (TPSA) is 78.8 Å². The lowest BCUT2D eigenvalue weighted by molar-refractivity contribution is -0.118. The van der Waals surface area contributed by atoms with Crippen LogP contribution in [-0.4, -0.2) is 47.4 Å². The number of benzene rings is 1. The highest BCUT2D eigenvalue weighted by molar-refractivity contribution is 7.99. The number of hydrogen-bond donors (Lipinski definition) is 3. The van der Waals surface area contributed by atoms with E-state index in [4.69, 9.17) is 14.9 Å². The molecule has 0 saturated heterocycles. The van der Waals surface area contributed by atoms with Crippen molar-refractivity contribution in [3.05, 3.63) is 29.8 Å². The number of ether oxygens (including phenoxy) is 1. The molecule has 0 heterocycles. The lowest BCUT2D eigenvalue weighted by atomic mass is 10.2. The normalized spacial score (nSPS) is 11.9. The first kappa shape index (κ1) is 15.8. The predicted octanol–water partition coefficient (Wildman–Crippen LogP) is 0.398. The van der Waals surface area contributed by atoms with Gasteiger partial charge in [0.2, 0.25) is 5.91 Å². The van der Waals surface area contributed by atoms with Crippen LogP contribution in [0.1, 0.15) is 5.56 Å². The van der Waals surface area contributed by atoms with Gasteiger partial charge in [0.25, 0.3) is 0 Å². The van der Waals surface area contributed by atoms with Crippen molar-refractivity contribution in [2.45, 2.75) is 12.6 Å². The quantitative estimate of drug-likeness (QED) is 0.644. The molecule has 1 rings (SSSR count). The Kier molecular flexibility index (Phi) is 7.32. The molecular formula is C13H19NO4S. The lowest BCUT2D eigenvalue weighted by Crippen LogP contribution is -2.25. The fourth-order valence-electron chi connectivity index (χ4n) is 1.37. The summed E-state index contributed by atoms with van der Waals surface area (Å²) in [6.07, 6.45) is -0.767. The van der Waals surface area contributed by atoms with Crippen molar-refractivity contribution in [1.82, 2.24) is 5.32 Å². The molecule has 0 bridgehead atoms. The second kappa shape index (κ2) is 8.79. The SMILES string of the molecule is COc1cccc(CNC(=O)CSCC(O)CO)c1. The summed E-state index contributed by atoms with van der Waals surface area (Å²) in [6, 6.07) is 7.48. The zero-order chi connectivity index (χ0) is 14.1. The first-order valence-corrected chi connectivity index (χ1v) is 7.07. The van der Waals surface area contributed by atoms with Crippen LogP contribution in [0.2, 0.25) is 0 Å². The third kappa shape index (κ3) is 6.47. The average Bonchev–Trinajstić information content (AvgIpc) is 2.45. The number of hydrogen-bond acceptors (Lipinski definition) is 5. The van der Waals surface area contributed by atoms with E-state index >= 15 is 0 Å². The first-order valence-electron chi connectivity index (χ1n) is 5.92. The van der Waals surface area contributed by atoms with E-state index in [0.717, 1.165) is 11.3 Å². The van der Waals surface area contributed by atoms with Gasteiger partial charge in [0.15, 0.2) is 0 Å². The van der Waals surface area contributed by atoms with Gasteiger partial charge in [0.05, 0.1) is 25.6 Å². The van der Waals surface area contributed by atoms with E-state index in [1.54, 1.807) is 7.11 Å². The van der Waals surface area contributed by atoms with E-state index in [-0.39, 0.29) is 18.3 Å². The van der Waals surface area contributed by atoms with Gasteiger partial charge in [-0.3, -0.25) is 4.79 Å². The minimum atomic E-state index is -0.767. The lowest BCUT2D eigenvalue weighted by Gasteiger charge is -2.08. The van der Waals surface area contributed by atoms with Gasteiger partial charge < -0.3 is 20.3 Å². The molecule has 5 nitrogen and oxygen atoms in total. The summed E-state index contributed by atoms with van der Waals surface area (Å²) in [5.74, 6) is 1.27. The van der Waals surface area contributed by atoms with E-state index in [1.807, 2.05) is 24.3 Å². The molecule has 1 amide bonds. The Bertz CT molecular complexity index is 400. The van der Waals surface area contributed by atoms with Gasteiger partial charge in [-0.1, -0.05) is 12.1 Å². The number of carbonyl (C=O) groups excluding carboxylic acids is 1. The molecule has 0 aromatic heterocycles. The van der Waals surface area contributed by atoms with E-state index < -0.39 is 6.10 Å². The zero-order valence-electron chi connectivity index (χ0n) is 10.8. The minimum absolute atomic E-state index is 0.0991. The van der Waals surface area contributed by atoms with Crippen molar-refractivity contribution in [2.24, 2.45) is 0 Å². The van der Waals surface area contributed by atoms with Crippen LogP contribution in [0.15, 0.2) is 24.3 Å². The van der Waals surface area contributed by atoms with Crippen LogP contribution >= 0.6 is 11.8 Å². The van der Waals surface area contributed by atoms with E-state index in [0.29, 0.717) is 12.3 Å². The number of rotatable bonds is 8. The van der Waals surface area contributed by atoms with Gasteiger partial charge in [-0.05, 0) is 17.7 Å². The second-order valence-corrected chi connectivity index (χ2v) is 5.01. The van der Waals surface area contributed by atoms with Crippen LogP contribution in [0.25, 0.3) is 0 Å². The van der Waals surface area contributed by atoms with Gasteiger partial charge in [-0.25, -0.2) is 0 Å². The van der Waals surface area contributed by atoms with Crippen molar-refractivity contribution in [1.29, 1.82) is 0 Å². The predicted molar refractivity (Wildman–Crippen MR) is 75.3 cm³/mol. The van der Waals surface area contributed by atoms with Crippen LogP contribution in [-0.2, 0) is 11.3 Å². The summed E-state index contributed by atoms with van der Waals surface area (Å²) in [5, 5.41) is 20.5. The second-order valence-electron chi connectivity index (χ2n) is 3.98. The van der Waals surface area contributed by atoms with Gasteiger partial charge >= 0.3 is 0 Å². The van der Waals surface area contributed by atoms with Crippen molar-refractivity contribution in [3.8, 4) is 5.75 Å². The fraction of sp³-hybridized carbons (Fsp3) is 0.462. The molecule has 0 radical (unpaired) electrons. The molecule has 19 heavy (non-hydrogen) atoms. The third-order valence-corrected chi connectivity index (χ3v) is 3.46. The number of aliphatic hydroxyl groups is 2. The molecule has 1 aromatic rings. The molecule has 0 aliphatic carbocycles. The minimum Gasteiger partial charge on any atom is -0.497 e. The summed E-state index contributed by atoms with van der Waals surface area (Å²) in [6.45, 7) is 0.164. The standard InChI is InChI=1S/C13H19NO4S/c1-18-12-4-2-3-10(5-12)6-14-13(17)9-19-8-11(16)7-15/h2-5,11,15-16H,6-9H2,1H3,(H,14,17). The van der Waals surface area contributed by atoms with E-state index in [1.165, 1.54) is 11.8 Å². The number of methoxy groups -OCH3 is 1.